The van der Waals surface area contributed by atoms with Crippen LogP contribution in [0.1, 0.15) is 37.8 Å². The highest BCUT2D eigenvalue weighted by Gasteiger charge is 2.31. The molecular formula is C22H26N2O4. The second-order valence-electron chi connectivity index (χ2n) is 6.70. The van der Waals surface area contributed by atoms with Crippen molar-refractivity contribution in [2.24, 2.45) is 0 Å². The lowest BCUT2D eigenvalue weighted by Gasteiger charge is -2.26. The number of carbonyl (C=O) groups excluding carboxylic acids is 2. The van der Waals surface area contributed by atoms with Gasteiger partial charge in [0.15, 0.2) is 6.61 Å². The van der Waals surface area contributed by atoms with Crippen molar-refractivity contribution >= 4 is 17.5 Å². The number of hydrogen-bond donors (Lipinski definition) is 1. The van der Waals surface area contributed by atoms with Crippen LogP contribution in [-0.2, 0) is 9.59 Å². The summed E-state index contributed by atoms with van der Waals surface area (Å²) in [6.45, 7) is 2.49. The molecule has 2 aromatic rings. The summed E-state index contributed by atoms with van der Waals surface area (Å²) in [6.07, 6.45) is 2.30. The maximum Gasteiger partial charge on any atom is 0.261 e. The lowest BCUT2D eigenvalue weighted by Crippen LogP contribution is -2.34. The fraction of sp³-hybridized carbons (Fsp3) is 0.364. The lowest BCUT2D eigenvalue weighted by molar-refractivity contribution is -0.134. The van der Waals surface area contributed by atoms with Gasteiger partial charge in [0.2, 0.25) is 5.91 Å². The standard InChI is InChI=1S/C22H26N2O4/c1-3-21(25)23-16-10-12-17(13-11-16)28-15-22(26)24-14-6-8-19(24)18-7-4-5-9-20(18)27-2/h4-5,7,9-13,19H,3,6,8,14-15H2,1-2H3,(H,23,25)/t19-/m1/s1. The maximum absolute atomic E-state index is 12.8. The summed E-state index contributed by atoms with van der Waals surface area (Å²) in [6, 6.07) is 14.9. The molecule has 1 saturated heterocycles. The molecule has 0 aromatic heterocycles. The minimum absolute atomic E-state index is 0.0129. The molecule has 1 heterocycles. The topological polar surface area (TPSA) is 67.9 Å². The summed E-state index contributed by atoms with van der Waals surface area (Å²) in [4.78, 5) is 26.0. The quantitative estimate of drug-likeness (QED) is 0.791. The van der Waals surface area contributed by atoms with E-state index in [-0.39, 0.29) is 24.5 Å². The molecule has 3 rings (SSSR count). The fourth-order valence-electron chi connectivity index (χ4n) is 3.44. The van der Waals surface area contributed by atoms with Gasteiger partial charge in [0.25, 0.3) is 5.91 Å². The summed E-state index contributed by atoms with van der Waals surface area (Å²) in [5, 5.41) is 2.78. The monoisotopic (exact) mass is 382 g/mol. The number of amides is 2. The number of carbonyl (C=O) groups is 2. The van der Waals surface area contributed by atoms with Gasteiger partial charge in [-0.05, 0) is 43.2 Å². The van der Waals surface area contributed by atoms with E-state index in [0.29, 0.717) is 24.4 Å². The van der Waals surface area contributed by atoms with E-state index in [1.807, 2.05) is 29.2 Å². The van der Waals surface area contributed by atoms with Crippen molar-refractivity contribution in [2.45, 2.75) is 32.2 Å². The summed E-state index contributed by atoms with van der Waals surface area (Å²) in [7, 11) is 1.65. The van der Waals surface area contributed by atoms with E-state index < -0.39 is 0 Å². The number of para-hydroxylation sites is 1. The molecule has 148 valence electrons. The number of hydrogen-bond acceptors (Lipinski definition) is 4. The van der Waals surface area contributed by atoms with Crippen molar-refractivity contribution in [3.05, 3.63) is 54.1 Å². The molecule has 1 N–H and O–H groups in total. The van der Waals surface area contributed by atoms with Gasteiger partial charge in [-0.3, -0.25) is 9.59 Å². The van der Waals surface area contributed by atoms with E-state index in [1.54, 1.807) is 38.3 Å². The van der Waals surface area contributed by atoms with E-state index in [9.17, 15) is 9.59 Å². The largest absolute Gasteiger partial charge is 0.496 e. The molecule has 0 bridgehead atoms. The number of likely N-dealkylation sites (tertiary alicyclic amines) is 1. The van der Waals surface area contributed by atoms with Crippen molar-refractivity contribution in [2.75, 3.05) is 25.6 Å². The van der Waals surface area contributed by atoms with Crippen LogP contribution in [0.25, 0.3) is 0 Å². The van der Waals surface area contributed by atoms with E-state index in [2.05, 4.69) is 5.32 Å². The Hall–Kier alpha value is -3.02. The molecule has 1 aliphatic rings. The van der Waals surface area contributed by atoms with E-state index in [0.717, 1.165) is 24.2 Å². The second kappa shape index (κ2) is 9.26. The zero-order chi connectivity index (χ0) is 19.9. The van der Waals surface area contributed by atoms with Crippen LogP contribution in [0, 0.1) is 0 Å². The van der Waals surface area contributed by atoms with Crippen LogP contribution >= 0.6 is 0 Å². The summed E-state index contributed by atoms with van der Waals surface area (Å²) in [5.41, 5.74) is 1.74. The number of rotatable bonds is 7. The Kier molecular flexibility index (Phi) is 6.53. The minimum Gasteiger partial charge on any atom is -0.496 e. The number of ether oxygens (including phenoxy) is 2. The van der Waals surface area contributed by atoms with E-state index in [4.69, 9.17) is 9.47 Å². The molecule has 0 unspecified atom stereocenters. The second-order valence-corrected chi connectivity index (χ2v) is 6.70. The molecule has 1 aliphatic heterocycles. The molecule has 6 nitrogen and oxygen atoms in total. The zero-order valence-corrected chi connectivity index (χ0v) is 16.3. The number of benzene rings is 2. The Labute approximate surface area is 165 Å². The first-order chi connectivity index (χ1) is 13.6. The van der Waals surface area contributed by atoms with Crippen LogP contribution < -0.4 is 14.8 Å². The van der Waals surface area contributed by atoms with Crippen molar-refractivity contribution in [1.29, 1.82) is 0 Å². The molecule has 0 spiro atoms. The van der Waals surface area contributed by atoms with Crippen molar-refractivity contribution in [3.8, 4) is 11.5 Å². The summed E-state index contributed by atoms with van der Waals surface area (Å²) >= 11 is 0. The first-order valence-corrected chi connectivity index (χ1v) is 9.57. The molecule has 6 heteroatoms. The minimum atomic E-state index is -0.0447. The number of anilines is 1. The van der Waals surface area contributed by atoms with Gasteiger partial charge in [-0.1, -0.05) is 25.1 Å². The molecule has 0 radical (unpaired) electrons. The molecule has 0 aliphatic carbocycles. The fourth-order valence-corrected chi connectivity index (χ4v) is 3.44. The van der Waals surface area contributed by atoms with Crippen molar-refractivity contribution < 1.29 is 19.1 Å². The zero-order valence-electron chi connectivity index (χ0n) is 16.3. The molecule has 1 atom stereocenters. The van der Waals surface area contributed by atoms with Gasteiger partial charge in [-0.2, -0.15) is 0 Å². The number of nitrogens with zero attached hydrogens (tertiary/aromatic N) is 1. The Morgan fingerprint density at radius 2 is 1.89 bits per heavy atom. The SMILES string of the molecule is CCC(=O)Nc1ccc(OCC(=O)N2CCC[C@@H]2c2ccccc2OC)cc1. The summed E-state index contributed by atoms with van der Waals surface area (Å²) < 4.78 is 11.1. The normalized spacial score (nSPS) is 15.9. The predicted molar refractivity (Wildman–Crippen MR) is 108 cm³/mol. The van der Waals surface area contributed by atoms with Gasteiger partial charge in [0, 0.05) is 24.2 Å². The van der Waals surface area contributed by atoms with Gasteiger partial charge in [0.1, 0.15) is 11.5 Å². The van der Waals surface area contributed by atoms with E-state index >= 15 is 0 Å². The Morgan fingerprint density at radius 1 is 1.14 bits per heavy atom. The van der Waals surface area contributed by atoms with Gasteiger partial charge >= 0.3 is 0 Å². The highest BCUT2D eigenvalue weighted by molar-refractivity contribution is 5.90. The first-order valence-electron chi connectivity index (χ1n) is 9.57. The van der Waals surface area contributed by atoms with Crippen molar-refractivity contribution in [1.82, 2.24) is 4.90 Å². The predicted octanol–water partition coefficient (Wildman–Crippen LogP) is 3.79. The number of nitrogens with one attached hydrogen (secondary N) is 1. The lowest BCUT2D eigenvalue weighted by atomic mass is 10.0. The smallest absolute Gasteiger partial charge is 0.261 e. The molecule has 2 amide bonds. The molecular weight excluding hydrogens is 356 g/mol. The molecule has 28 heavy (non-hydrogen) atoms. The van der Waals surface area contributed by atoms with Crippen LogP contribution in [0.5, 0.6) is 11.5 Å². The van der Waals surface area contributed by atoms with Gasteiger partial charge in [-0.25, -0.2) is 0 Å². The van der Waals surface area contributed by atoms with Crippen LogP contribution in [0.2, 0.25) is 0 Å². The Balaban J connectivity index is 1.60. The van der Waals surface area contributed by atoms with E-state index in [1.165, 1.54) is 0 Å². The Morgan fingerprint density at radius 3 is 2.61 bits per heavy atom. The molecule has 2 aromatic carbocycles. The van der Waals surface area contributed by atoms with Crippen LogP contribution in [0.4, 0.5) is 5.69 Å². The summed E-state index contributed by atoms with van der Waals surface area (Å²) in [5.74, 6) is 1.31. The molecule has 1 fully saturated rings. The van der Waals surface area contributed by atoms with Gasteiger partial charge in [0.05, 0.1) is 13.2 Å². The average Bonchev–Trinajstić information content (AvgIpc) is 3.22. The van der Waals surface area contributed by atoms with Gasteiger partial charge < -0.3 is 19.7 Å². The van der Waals surface area contributed by atoms with Crippen molar-refractivity contribution in [3.63, 3.8) is 0 Å². The van der Waals surface area contributed by atoms with Crippen LogP contribution in [-0.4, -0.2) is 37.0 Å². The third-order valence-corrected chi connectivity index (χ3v) is 4.89. The van der Waals surface area contributed by atoms with Crippen LogP contribution in [0.15, 0.2) is 48.5 Å². The molecule has 0 saturated carbocycles. The maximum atomic E-state index is 12.8. The van der Waals surface area contributed by atoms with Gasteiger partial charge in [-0.15, -0.1) is 0 Å². The van der Waals surface area contributed by atoms with Crippen LogP contribution in [0.3, 0.4) is 0 Å². The third kappa shape index (κ3) is 4.63. The average molecular weight is 382 g/mol. The third-order valence-electron chi connectivity index (χ3n) is 4.89. The Bertz CT molecular complexity index is 820. The highest BCUT2D eigenvalue weighted by atomic mass is 16.5. The highest BCUT2D eigenvalue weighted by Crippen LogP contribution is 2.36. The first kappa shape index (κ1) is 19.7. The number of methoxy groups -OCH3 is 1.